The second-order valence-electron chi connectivity index (χ2n) is 4.09. The largest absolute Gasteiger partial charge is 0.381 e. The SMILES string of the molecule is CO[C@@H]1CCC[C@H]1CC(C)C. The number of methoxy groups -OCH3 is 1. The predicted octanol–water partition coefficient (Wildman–Crippen LogP) is 2.85. The highest BCUT2D eigenvalue weighted by atomic mass is 16.5. The summed E-state index contributed by atoms with van der Waals surface area (Å²) in [6.07, 6.45) is 5.95. The molecule has 0 aromatic rings. The Bertz CT molecular complexity index is 109. The number of ether oxygens (including phenoxy) is 1. The van der Waals surface area contributed by atoms with Crippen LogP contribution in [0.3, 0.4) is 0 Å². The maximum atomic E-state index is 5.42. The van der Waals surface area contributed by atoms with Crippen LogP contribution in [0.2, 0.25) is 0 Å². The molecule has 0 radical (unpaired) electrons. The van der Waals surface area contributed by atoms with Gasteiger partial charge in [-0.25, -0.2) is 0 Å². The molecular weight excluding hydrogens is 136 g/mol. The number of hydrogen-bond donors (Lipinski definition) is 0. The number of rotatable bonds is 3. The summed E-state index contributed by atoms with van der Waals surface area (Å²) in [4.78, 5) is 0. The van der Waals surface area contributed by atoms with Crippen LogP contribution in [0.1, 0.15) is 39.5 Å². The van der Waals surface area contributed by atoms with E-state index in [1.807, 2.05) is 7.11 Å². The van der Waals surface area contributed by atoms with Crippen molar-refractivity contribution in [3.05, 3.63) is 0 Å². The molecule has 0 saturated heterocycles. The maximum Gasteiger partial charge on any atom is 0.0599 e. The smallest absolute Gasteiger partial charge is 0.0599 e. The minimum absolute atomic E-state index is 0.567. The molecule has 0 aliphatic heterocycles. The van der Waals surface area contributed by atoms with Gasteiger partial charge in [0.15, 0.2) is 0 Å². The molecule has 1 heteroatoms. The van der Waals surface area contributed by atoms with Gasteiger partial charge >= 0.3 is 0 Å². The molecule has 0 bridgehead atoms. The fraction of sp³-hybridized carbons (Fsp3) is 1.00. The van der Waals surface area contributed by atoms with Crippen LogP contribution in [0.25, 0.3) is 0 Å². The van der Waals surface area contributed by atoms with Crippen molar-refractivity contribution in [3.63, 3.8) is 0 Å². The lowest BCUT2D eigenvalue weighted by molar-refractivity contribution is 0.0635. The van der Waals surface area contributed by atoms with Crippen molar-refractivity contribution in [2.75, 3.05) is 7.11 Å². The molecular formula is C10H20O. The minimum Gasteiger partial charge on any atom is -0.381 e. The van der Waals surface area contributed by atoms with E-state index in [9.17, 15) is 0 Å². The molecule has 1 rings (SSSR count). The molecule has 11 heavy (non-hydrogen) atoms. The first-order chi connectivity index (χ1) is 5.24. The minimum atomic E-state index is 0.567. The van der Waals surface area contributed by atoms with Gasteiger partial charge in [0.1, 0.15) is 0 Å². The van der Waals surface area contributed by atoms with Crippen LogP contribution in [0.5, 0.6) is 0 Å². The van der Waals surface area contributed by atoms with Crippen molar-refractivity contribution in [1.29, 1.82) is 0 Å². The van der Waals surface area contributed by atoms with Crippen LogP contribution in [0, 0.1) is 11.8 Å². The second-order valence-corrected chi connectivity index (χ2v) is 4.09. The van der Waals surface area contributed by atoms with Crippen molar-refractivity contribution in [2.45, 2.75) is 45.6 Å². The van der Waals surface area contributed by atoms with Crippen LogP contribution in [-0.4, -0.2) is 13.2 Å². The maximum absolute atomic E-state index is 5.42. The Morgan fingerprint density at radius 3 is 2.64 bits per heavy atom. The lowest BCUT2D eigenvalue weighted by Gasteiger charge is -2.19. The second kappa shape index (κ2) is 4.10. The summed E-state index contributed by atoms with van der Waals surface area (Å²) in [5.74, 6) is 1.68. The zero-order valence-electron chi connectivity index (χ0n) is 7.97. The fourth-order valence-corrected chi connectivity index (χ4v) is 2.19. The Balaban J connectivity index is 2.31. The molecule has 66 valence electrons. The van der Waals surface area contributed by atoms with E-state index in [0.717, 1.165) is 11.8 Å². The summed E-state index contributed by atoms with van der Waals surface area (Å²) in [6, 6.07) is 0. The van der Waals surface area contributed by atoms with E-state index in [1.54, 1.807) is 0 Å². The average Bonchev–Trinajstić information content (AvgIpc) is 2.34. The molecule has 1 aliphatic rings. The Morgan fingerprint density at radius 1 is 1.36 bits per heavy atom. The van der Waals surface area contributed by atoms with Crippen molar-refractivity contribution in [3.8, 4) is 0 Å². The topological polar surface area (TPSA) is 9.23 Å². The fourth-order valence-electron chi connectivity index (χ4n) is 2.19. The molecule has 1 saturated carbocycles. The van der Waals surface area contributed by atoms with E-state index >= 15 is 0 Å². The molecule has 0 N–H and O–H groups in total. The normalized spacial score (nSPS) is 31.6. The van der Waals surface area contributed by atoms with Crippen LogP contribution in [0.15, 0.2) is 0 Å². The van der Waals surface area contributed by atoms with E-state index in [-0.39, 0.29) is 0 Å². The van der Waals surface area contributed by atoms with Gasteiger partial charge < -0.3 is 4.74 Å². The highest BCUT2D eigenvalue weighted by molar-refractivity contribution is 4.78. The van der Waals surface area contributed by atoms with Gasteiger partial charge in [-0.1, -0.05) is 20.3 Å². The van der Waals surface area contributed by atoms with Crippen molar-refractivity contribution >= 4 is 0 Å². The van der Waals surface area contributed by atoms with E-state index in [2.05, 4.69) is 13.8 Å². The van der Waals surface area contributed by atoms with Crippen molar-refractivity contribution in [1.82, 2.24) is 0 Å². The van der Waals surface area contributed by atoms with Crippen LogP contribution >= 0.6 is 0 Å². The number of hydrogen-bond acceptors (Lipinski definition) is 1. The lowest BCUT2D eigenvalue weighted by atomic mass is 9.94. The summed E-state index contributed by atoms with van der Waals surface area (Å²) >= 11 is 0. The summed E-state index contributed by atoms with van der Waals surface area (Å²) in [5, 5.41) is 0. The van der Waals surface area contributed by atoms with Gasteiger partial charge in [-0.3, -0.25) is 0 Å². The van der Waals surface area contributed by atoms with Gasteiger partial charge in [-0.15, -0.1) is 0 Å². The Hall–Kier alpha value is -0.0400. The molecule has 0 amide bonds. The Morgan fingerprint density at radius 2 is 2.09 bits per heavy atom. The van der Waals surface area contributed by atoms with E-state index in [4.69, 9.17) is 4.74 Å². The van der Waals surface area contributed by atoms with Gasteiger partial charge in [0.25, 0.3) is 0 Å². The summed E-state index contributed by atoms with van der Waals surface area (Å²) in [7, 11) is 1.85. The molecule has 2 atom stereocenters. The van der Waals surface area contributed by atoms with Crippen molar-refractivity contribution < 1.29 is 4.74 Å². The first-order valence-electron chi connectivity index (χ1n) is 4.76. The predicted molar refractivity (Wildman–Crippen MR) is 47.6 cm³/mol. The van der Waals surface area contributed by atoms with Gasteiger partial charge in [-0.05, 0) is 31.1 Å². The first kappa shape index (κ1) is 9.05. The van der Waals surface area contributed by atoms with E-state index < -0.39 is 0 Å². The Kier molecular flexibility index (Phi) is 3.38. The van der Waals surface area contributed by atoms with Gasteiger partial charge in [0.05, 0.1) is 6.10 Å². The molecule has 0 aromatic heterocycles. The van der Waals surface area contributed by atoms with Gasteiger partial charge in [0.2, 0.25) is 0 Å². The van der Waals surface area contributed by atoms with E-state index in [1.165, 1.54) is 25.7 Å². The zero-order chi connectivity index (χ0) is 8.27. The van der Waals surface area contributed by atoms with Crippen molar-refractivity contribution in [2.24, 2.45) is 11.8 Å². The Labute approximate surface area is 70.1 Å². The third-order valence-corrected chi connectivity index (χ3v) is 2.67. The molecule has 0 unspecified atom stereocenters. The van der Waals surface area contributed by atoms with Crippen LogP contribution in [-0.2, 0) is 4.74 Å². The quantitative estimate of drug-likeness (QED) is 0.610. The monoisotopic (exact) mass is 156 g/mol. The molecule has 1 fully saturated rings. The average molecular weight is 156 g/mol. The van der Waals surface area contributed by atoms with Gasteiger partial charge in [0, 0.05) is 7.11 Å². The first-order valence-corrected chi connectivity index (χ1v) is 4.76. The molecule has 0 spiro atoms. The molecule has 0 heterocycles. The highest BCUT2D eigenvalue weighted by Gasteiger charge is 2.27. The molecule has 0 aromatic carbocycles. The van der Waals surface area contributed by atoms with Crippen LogP contribution in [0.4, 0.5) is 0 Å². The molecule has 1 aliphatic carbocycles. The zero-order valence-corrected chi connectivity index (χ0v) is 7.97. The lowest BCUT2D eigenvalue weighted by Crippen LogP contribution is -2.17. The highest BCUT2D eigenvalue weighted by Crippen LogP contribution is 2.32. The summed E-state index contributed by atoms with van der Waals surface area (Å²) in [5.41, 5.74) is 0. The van der Waals surface area contributed by atoms with Gasteiger partial charge in [-0.2, -0.15) is 0 Å². The van der Waals surface area contributed by atoms with Crippen LogP contribution < -0.4 is 0 Å². The third-order valence-electron chi connectivity index (χ3n) is 2.67. The third kappa shape index (κ3) is 2.48. The summed E-state index contributed by atoms with van der Waals surface area (Å²) in [6.45, 7) is 4.59. The van der Waals surface area contributed by atoms with E-state index in [0.29, 0.717) is 6.10 Å². The molecule has 1 nitrogen and oxygen atoms in total. The standard InChI is InChI=1S/C10H20O/c1-8(2)7-9-5-4-6-10(9)11-3/h8-10H,4-7H2,1-3H3/t9-,10+/m0/s1. The summed E-state index contributed by atoms with van der Waals surface area (Å²) < 4.78 is 5.42.